The maximum atomic E-state index is 12.4. The monoisotopic (exact) mass is 398 g/mol. The van der Waals surface area contributed by atoms with Crippen molar-refractivity contribution < 1.29 is 4.79 Å². The van der Waals surface area contributed by atoms with Crippen molar-refractivity contribution in [2.24, 2.45) is 0 Å². The third kappa shape index (κ3) is 5.13. The number of benzene rings is 1. The van der Waals surface area contributed by atoms with E-state index in [0.29, 0.717) is 6.54 Å². The number of aromatic nitrogens is 1. The molecule has 6 heteroatoms. The number of hydrogen-bond acceptors (Lipinski definition) is 4. The fourth-order valence-electron chi connectivity index (χ4n) is 3.34. The molecule has 1 aromatic carbocycles. The van der Waals surface area contributed by atoms with Crippen molar-refractivity contribution >= 4 is 28.1 Å². The Morgan fingerprint density at radius 2 is 2.07 bits per heavy atom. The summed E-state index contributed by atoms with van der Waals surface area (Å²) < 4.78 is 0. The Balaban J connectivity index is 1.49. The lowest BCUT2D eigenvalue weighted by Gasteiger charge is -2.27. The first kappa shape index (κ1) is 20.4. The van der Waals surface area contributed by atoms with Crippen LogP contribution in [0.1, 0.15) is 50.4 Å². The number of thiazole rings is 1. The summed E-state index contributed by atoms with van der Waals surface area (Å²) >= 11 is 1.70. The number of nitrogens with one attached hydrogen (secondary N) is 2. The van der Waals surface area contributed by atoms with Gasteiger partial charge in [0.05, 0.1) is 11.2 Å². The van der Waals surface area contributed by atoms with Gasteiger partial charge in [0.25, 0.3) is 0 Å². The molecule has 1 fully saturated rings. The molecule has 1 saturated heterocycles. The SMILES string of the molecule is C=C(C)c1cccc(C(C)(C)NC(=O)NCCc2csc(N3CCCC3)n2)c1. The summed E-state index contributed by atoms with van der Waals surface area (Å²) in [5.41, 5.74) is 3.72. The lowest BCUT2D eigenvalue weighted by molar-refractivity contribution is 0.230. The zero-order valence-corrected chi connectivity index (χ0v) is 17.9. The molecule has 2 heterocycles. The maximum absolute atomic E-state index is 12.4. The average Bonchev–Trinajstić information content (AvgIpc) is 3.33. The van der Waals surface area contributed by atoms with Crippen LogP contribution in [0.25, 0.3) is 5.57 Å². The minimum Gasteiger partial charge on any atom is -0.348 e. The molecule has 0 bridgehead atoms. The highest BCUT2D eigenvalue weighted by Gasteiger charge is 2.23. The lowest BCUT2D eigenvalue weighted by Crippen LogP contribution is -2.46. The van der Waals surface area contributed by atoms with E-state index >= 15 is 0 Å². The van der Waals surface area contributed by atoms with Crippen LogP contribution in [0.4, 0.5) is 9.93 Å². The summed E-state index contributed by atoms with van der Waals surface area (Å²) in [5, 5.41) is 9.23. The van der Waals surface area contributed by atoms with Crippen molar-refractivity contribution in [2.75, 3.05) is 24.5 Å². The highest BCUT2D eigenvalue weighted by molar-refractivity contribution is 7.13. The van der Waals surface area contributed by atoms with Crippen molar-refractivity contribution in [3.63, 3.8) is 0 Å². The molecule has 0 atom stereocenters. The molecule has 2 amide bonds. The summed E-state index contributed by atoms with van der Waals surface area (Å²) in [6, 6.07) is 7.98. The number of allylic oxidation sites excluding steroid dienone is 1. The quantitative estimate of drug-likeness (QED) is 0.719. The number of carbonyl (C=O) groups is 1. The van der Waals surface area contributed by atoms with Gasteiger partial charge in [0, 0.05) is 31.4 Å². The molecule has 0 saturated carbocycles. The van der Waals surface area contributed by atoms with Gasteiger partial charge in [-0.3, -0.25) is 0 Å². The van der Waals surface area contributed by atoms with E-state index in [0.717, 1.165) is 47.0 Å². The molecule has 0 radical (unpaired) electrons. The van der Waals surface area contributed by atoms with Gasteiger partial charge < -0.3 is 15.5 Å². The first-order chi connectivity index (χ1) is 13.3. The Morgan fingerprint density at radius 1 is 1.32 bits per heavy atom. The number of hydrogen-bond donors (Lipinski definition) is 2. The van der Waals surface area contributed by atoms with Gasteiger partial charge in [0.15, 0.2) is 5.13 Å². The molecule has 3 rings (SSSR count). The zero-order chi connectivity index (χ0) is 20.1. The van der Waals surface area contributed by atoms with Crippen LogP contribution < -0.4 is 15.5 Å². The Labute approximate surface area is 171 Å². The molecular formula is C22H30N4OS. The predicted molar refractivity (Wildman–Crippen MR) is 118 cm³/mol. The van der Waals surface area contributed by atoms with Crippen LogP contribution in [0, 0.1) is 0 Å². The molecule has 0 aliphatic carbocycles. The molecule has 0 spiro atoms. The van der Waals surface area contributed by atoms with Gasteiger partial charge >= 0.3 is 6.03 Å². The number of amides is 2. The Bertz CT molecular complexity index is 837. The minimum absolute atomic E-state index is 0.166. The van der Waals surface area contributed by atoms with Crippen LogP contribution in [-0.2, 0) is 12.0 Å². The molecule has 1 aromatic heterocycles. The summed E-state index contributed by atoms with van der Waals surface area (Å²) in [6.45, 7) is 12.8. The fourth-order valence-corrected chi connectivity index (χ4v) is 4.26. The molecule has 1 aliphatic rings. The molecule has 1 aliphatic heterocycles. The van der Waals surface area contributed by atoms with Crippen molar-refractivity contribution in [1.82, 2.24) is 15.6 Å². The Kier molecular flexibility index (Phi) is 6.39. The second-order valence-corrected chi connectivity index (χ2v) is 8.77. The fraction of sp³-hybridized carbons (Fsp3) is 0.455. The van der Waals surface area contributed by atoms with E-state index in [2.05, 4.69) is 33.6 Å². The first-order valence-corrected chi connectivity index (χ1v) is 10.7. The second-order valence-electron chi connectivity index (χ2n) is 7.93. The average molecular weight is 399 g/mol. The van der Waals surface area contributed by atoms with Crippen molar-refractivity contribution in [2.45, 2.75) is 45.6 Å². The van der Waals surface area contributed by atoms with Gasteiger partial charge in [-0.1, -0.05) is 30.4 Å². The number of nitrogens with zero attached hydrogens (tertiary/aromatic N) is 2. The zero-order valence-electron chi connectivity index (χ0n) is 17.0. The van der Waals surface area contributed by atoms with Gasteiger partial charge in [0.2, 0.25) is 0 Å². The smallest absolute Gasteiger partial charge is 0.315 e. The van der Waals surface area contributed by atoms with Gasteiger partial charge in [-0.2, -0.15) is 0 Å². The number of anilines is 1. The normalized spacial score (nSPS) is 14.2. The second kappa shape index (κ2) is 8.78. The topological polar surface area (TPSA) is 57.3 Å². The molecule has 150 valence electrons. The molecular weight excluding hydrogens is 368 g/mol. The van der Waals surface area contributed by atoms with Gasteiger partial charge in [-0.05, 0) is 50.8 Å². The lowest BCUT2D eigenvalue weighted by atomic mass is 9.92. The largest absolute Gasteiger partial charge is 0.348 e. The molecule has 5 nitrogen and oxygen atoms in total. The van der Waals surface area contributed by atoms with Crippen LogP contribution in [-0.4, -0.2) is 30.6 Å². The third-order valence-corrected chi connectivity index (χ3v) is 6.04. The van der Waals surface area contributed by atoms with Crippen LogP contribution in [0.3, 0.4) is 0 Å². The summed E-state index contributed by atoms with van der Waals surface area (Å²) in [7, 11) is 0. The molecule has 0 unspecified atom stereocenters. The Hall–Kier alpha value is -2.34. The highest BCUT2D eigenvalue weighted by Crippen LogP contribution is 2.25. The van der Waals surface area contributed by atoms with E-state index < -0.39 is 5.54 Å². The van der Waals surface area contributed by atoms with Crippen LogP contribution >= 0.6 is 11.3 Å². The minimum atomic E-state index is -0.473. The van der Waals surface area contributed by atoms with Crippen molar-refractivity contribution in [3.05, 3.63) is 53.0 Å². The van der Waals surface area contributed by atoms with Gasteiger partial charge in [-0.15, -0.1) is 11.3 Å². The highest BCUT2D eigenvalue weighted by atomic mass is 32.1. The van der Waals surface area contributed by atoms with Crippen molar-refractivity contribution in [3.8, 4) is 0 Å². The van der Waals surface area contributed by atoms with E-state index in [-0.39, 0.29) is 6.03 Å². The van der Waals surface area contributed by atoms with Crippen LogP contribution in [0.15, 0.2) is 36.2 Å². The summed E-state index contributed by atoms with van der Waals surface area (Å²) in [6.07, 6.45) is 3.24. The molecule has 2 aromatic rings. The predicted octanol–water partition coefficient (Wildman–Crippen LogP) is 4.55. The molecule has 28 heavy (non-hydrogen) atoms. The standard InChI is InChI=1S/C22H30N4OS/c1-16(2)17-8-7-9-18(14-17)22(3,4)25-20(27)23-11-10-19-15-28-21(24-19)26-12-5-6-13-26/h7-9,14-15H,1,5-6,10-13H2,2-4H3,(H2,23,25,27). The number of carbonyl (C=O) groups excluding carboxylic acids is 1. The van der Waals surface area contributed by atoms with Gasteiger partial charge in [-0.25, -0.2) is 9.78 Å². The number of rotatable bonds is 7. The van der Waals surface area contributed by atoms with Crippen LogP contribution in [0.5, 0.6) is 0 Å². The van der Waals surface area contributed by atoms with Crippen molar-refractivity contribution in [1.29, 1.82) is 0 Å². The maximum Gasteiger partial charge on any atom is 0.315 e. The van der Waals surface area contributed by atoms with Crippen LogP contribution in [0.2, 0.25) is 0 Å². The number of urea groups is 1. The van der Waals surface area contributed by atoms with E-state index in [4.69, 9.17) is 4.98 Å². The molecule has 2 N–H and O–H groups in total. The van der Waals surface area contributed by atoms with E-state index in [1.54, 1.807) is 11.3 Å². The summed E-state index contributed by atoms with van der Waals surface area (Å²) in [5.74, 6) is 0. The first-order valence-electron chi connectivity index (χ1n) is 9.87. The third-order valence-electron chi connectivity index (χ3n) is 5.09. The van der Waals surface area contributed by atoms with E-state index in [1.807, 2.05) is 39.0 Å². The van der Waals surface area contributed by atoms with E-state index in [9.17, 15) is 4.79 Å². The summed E-state index contributed by atoms with van der Waals surface area (Å²) in [4.78, 5) is 19.4. The Morgan fingerprint density at radius 3 is 2.79 bits per heavy atom. The van der Waals surface area contributed by atoms with Gasteiger partial charge in [0.1, 0.15) is 0 Å². The van der Waals surface area contributed by atoms with E-state index in [1.165, 1.54) is 12.8 Å².